The lowest BCUT2D eigenvalue weighted by atomic mass is 10.2. The van der Waals surface area contributed by atoms with Crippen molar-refractivity contribution in [2.45, 2.75) is 11.6 Å². The Morgan fingerprint density at radius 2 is 2.15 bits per heavy atom. The molecule has 138 valence electrons. The number of nitriles is 1. The van der Waals surface area contributed by atoms with E-state index in [1.54, 1.807) is 24.3 Å². The highest BCUT2D eigenvalue weighted by Gasteiger charge is 2.20. The number of anilines is 1. The van der Waals surface area contributed by atoms with E-state index in [2.05, 4.69) is 16.3 Å². The van der Waals surface area contributed by atoms with Crippen LogP contribution in [0.5, 0.6) is 5.75 Å². The Labute approximate surface area is 159 Å². The molecule has 0 saturated heterocycles. The second kappa shape index (κ2) is 8.91. The van der Waals surface area contributed by atoms with E-state index in [9.17, 15) is 4.79 Å². The number of rotatable bonds is 8. The lowest BCUT2D eigenvalue weighted by molar-refractivity contribution is -0.116. The summed E-state index contributed by atoms with van der Waals surface area (Å²) in [5, 5.41) is 17.0. The molecule has 0 aliphatic heterocycles. The van der Waals surface area contributed by atoms with Crippen LogP contribution in [0.1, 0.15) is 6.42 Å². The number of carbonyl (C=O) groups is 1. The molecule has 9 heteroatoms. The van der Waals surface area contributed by atoms with E-state index in [0.29, 0.717) is 17.2 Å². The number of furan rings is 1. The number of hydrogen-bond donors (Lipinski definition) is 0. The van der Waals surface area contributed by atoms with Gasteiger partial charge in [-0.2, -0.15) is 5.26 Å². The summed E-state index contributed by atoms with van der Waals surface area (Å²) < 4.78 is 16.0. The van der Waals surface area contributed by atoms with Crippen LogP contribution >= 0.6 is 11.8 Å². The van der Waals surface area contributed by atoms with Crippen LogP contribution in [0.2, 0.25) is 0 Å². The van der Waals surface area contributed by atoms with Crippen molar-refractivity contribution in [2.75, 3.05) is 24.3 Å². The topological polar surface area (TPSA) is 105 Å². The van der Waals surface area contributed by atoms with Crippen LogP contribution in [0.3, 0.4) is 0 Å². The van der Waals surface area contributed by atoms with Gasteiger partial charge in [0.25, 0.3) is 11.1 Å². The molecule has 0 fully saturated rings. The maximum absolute atomic E-state index is 12.8. The molecule has 3 rings (SSSR count). The van der Waals surface area contributed by atoms with Crippen molar-refractivity contribution in [3.05, 3.63) is 42.7 Å². The zero-order chi connectivity index (χ0) is 19.1. The summed E-state index contributed by atoms with van der Waals surface area (Å²) in [5.74, 6) is 1.15. The van der Waals surface area contributed by atoms with Gasteiger partial charge in [0.2, 0.25) is 5.91 Å². The third kappa shape index (κ3) is 4.48. The number of thioether (sulfide) groups is 1. The molecule has 0 N–H and O–H groups in total. The van der Waals surface area contributed by atoms with Crippen LogP contribution in [0.4, 0.5) is 5.69 Å². The molecule has 0 unspecified atom stereocenters. The molecule has 0 radical (unpaired) electrons. The van der Waals surface area contributed by atoms with Gasteiger partial charge in [-0.15, -0.1) is 10.2 Å². The van der Waals surface area contributed by atoms with E-state index < -0.39 is 0 Å². The minimum atomic E-state index is -0.197. The number of carbonyl (C=O) groups excluding carboxylic acids is 1. The second-order valence-corrected chi connectivity index (χ2v) is 6.19. The lowest BCUT2D eigenvalue weighted by Gasteiger charge is -2.23. The van der Waals surface area contributed by atoms with Gasteiger partial charge in [-0.05, 0) is 24.3 Å². The zero-order valence-corrected chi connectivity index (χ0v) is 15.3. The summed E-state index contributed by atoms with van der Waals surface area (Å²) in [7, 11) is 1.54. The third-order valence-electron chi connectivity index (χ3n) is 3.58. The molecule has 0 atom stereocenters. The third-order valence-corrected chi connectivity index (χ3v) is 4.38. The average Bonchev–Trinajstić information content (AvgIpc) is 3.38. The van der Waals surface area contributed by atoms with Crippen LogP contribution in [0, 0.1) is 11.3 Å². The first kappa shape index (κ1) is 18.5. The van der Waals surface area contributed by atoms with Gasteiger partial charge in [0, 0.05) is 6.54 Å². The molecule has 0 spiro atoms. The van der Waals surface area contributed by atoms with Crippen molar-refractivity contribution in [3.63, 3.8) is 0 Å². The van der Waals surface area contributed by atoms with Gasteiger partial charge >= 0.3 is 0 Å². The number of amides is 1. The van der Waals surface area contributed by atoms with E-state index in [4.69, 9.17) is 18.8 Å². The molecule has 27 heavy (non-hydrogen) atoms. The number of hydrogen-bond acceptors (Lipinski definition) is 8. The van der Waals surface area contributed by atoms with Gasteiger partial charge < -0.3 is 18.5 Å². The van der Waals surface area contributed by atoms with Crippen LogP contribution in [0.15, 0.2) is 56.7 Å². The second-order valence-electron chi connectivity index (χ2n) is 5.26. The van der Waals surface area contributed by atoms with Gasteiger partial charge in [0.05, 0.1) is 37.3 Å². The molecule has 0 aliphatic rings. The predicted octanol–water partition coefficient (Wildman–Crippen LogP) is 3.38. The SMILES string of the molecule is COc1ccccc1N(CCC#N)C(=O)CSc1nnc(-c2ccco2)o1. The fourth-order valence-electron chi connectivity index (χ4n) is 2.36. The van der Waals surface area contributed by atoms with Crippen LogP contribution in [0.25, 0.3) is 11.7 Å². The van der Waals surface area contributed by atoms with E-state index in [1.165, 1.54) is 18.3 Å². The molecule has 2 aromatic heterocycles. The van der Waals surface area contributed by atoms with Crippen molar-refractivity contribution < 1.29 is 18.4 Å². The van der Waals surface area contributed by atoms with Crippen molar-refractivity contribution in [1.29, 1.82) is 5.26 Å². The Morgan fingerprint density at radius 3 is 2.89 bits per heavy atom. The van der Waals surface area contributed by atoms with Crippen LogP contribution in [-0.2, 0) is 4.79 Å². The van der Waals surface area contributed by atoms with Gasteiger partial charge in [0.1, 0.15) is 5.75 Å². The fourth-order valence-corrected chi connectivity index (χ4v) is 3.00. The smallest absolute Gasteiger partial charge is 0.284 e. The van der Waals surface area contributed by atoms with Crippen LogP contribution < -0.4 is 9.64 Å². The van der Waals surface area contributed by atoms with E-state index in [-0.39, 0.29) is 35.7 Å². The molecule has 2 heterocycles. The minimum absolute atomic E-state index is 0.0727. The van der Waals surface area contributed by atoms with Gasteiger partial charge in [-0.3, -0.25) is 4.79 Å². The molecule has 0 bridgehead atoms. The molecule has 3 aromatic rings. The summed E-state index contributed by atoms with van der Waals surface area (Å²) in [6.07, 6.45) is 1.72. The quantitative estimate of drug-likeness (QED) is 0.544. The Balaban J connectivity index is 1.70. The molecule has 0 aliphatic carbocycles. The highest BCUT2D eigenvalue weighted by atomic mass is 32.2. The Morgan fingerprint density at radius 1 is 1.30 bits per heavy atom. The van der Waals surface area contributed by atoms with Crippen molar-refractivity contribution >= 4 is 23.4 Å². The number of ether oxygens (including phenoxy) is 1. The number of benzene rings is 1. The summed E-state index contributed by atoms with van der Waals surface area (Å²) in [6, 6.07) is 12.7. The first-order valence-corrected chi connectivity index (χ1v) is 9.02. The Bertz CT molecular complexity index is 933. The number of nitrogens with zero attached hydrogens (tertiary/aromatic N) is 4. The monoisotopic (exact) mass is 384 g/mol. The number of aromatic nitrogens is 2. The average molecular weight is 384 g/mol. The molecule has 1 aromatic carbocycles. The van der Waals surface area contributed by atoms with Gasteiger partial charge in [-0.1, -0.05) is 23.9 Å². The molecular formula is C18H16N4O4S. The number of methoxy groups -OCH3 is 1. The summed E-state index contributed by atoms with van der Waals surface area (Å²) in [4.78, 5) is 14.3. The summed E-state index contributed by atoms with van der Waals surface area (Å²) in [6.45, 7) is 0.262. The van der Waals surface area contributed by atoms with E-state index in [0.717, 1.165) is 11.8 Å². The molecule has 8 nitrogen and oxygen atoms in total. The minimum Gasteiger partial charge on any atom is -0.495 e. The summed E-state index contributed by atoms with van der Waals surface area (Å²) in [5.41, 5.74) is 0.614. The normalized spacial score (nSPS) is 10.4. The van der Waals surface area contributed by atoms with Gasteiger partial charge in [-0.25, -0.2) is 0 Å². The number of para-hydroxylation sites is 2. The lowest BCUT2D eigenvalue weighted by Crippen LogP contribution is -2.33. The van der Waals surface area contributed by atoms with E-state index in [1.807, 2.05) is 12.1 Å². The van der Waals surface area contributed by atoms with Crippen LogP contribution in [-0.4, -0.2) is 35.5 Å². The first-order valence-electron chi connectivity index (χ1n) is 8.03. The van der Waals surface area contributed by atoms with Crippen molar-refractivity contribution in [2.24, 2.45) is 0 Å². The predicted molar refractivity (Wildman–Crippen MR) is 98.3 cm³/mol. The maximum Gasteiger partial charge on any atom is 0.284 e. The summed E-state index contributed by atoms with van der Waals surface area (Å²) >= 11 is 1.12. The standard InChI is InChI=1S/C18H16N4O4S/c1-24-14-7-3-2-6-13(14)22(10-5-9-19)16(23)12-27-18-21-20-17(26-18)15-8-4-11-25-15/h2-4,6-8,11H,5,10,12H2,1H3. The first-order chi connectivity index (χ1) is 13.2. The molecular weight excluding hydrogens is 368 g/mol. The molecule has 1 amide bonds. The van der Waals surface area contributed by atoms with Gasteiger partial charge in [0.15, 0.2) is 5.76 Å². The van der Waals surface area contributed by atoms with Crippen molar-refractivity contribution in [1.82, 2.24) is 10.2 Å². The largest absolute Gasteiger partial charge is 0.495 e. The fraction of sp³-hybridized carbons (Fsp3) is 0.222. The highest BCUT2D eigenvalue weighted by molar-refractivity contribution is 7.99. The highest BCUT2D eigenvalue weighted by Crippen LogP contribution is 2.29. The Kier molecular flexibility index (Phi) is 6.12. The zero-order valence-electron chi connectivity index (χ0n) is 14.5. The van der Waals surface area contributed by atoms with E-state index >= 15 is 0 Å². The maximum atomic E-state index is 12.8. The molecule has 0 saturated carbocycles. The van der Waals surface area contributed by atoms with Crippen molar-refractivity contribution in [3.8, 4) is 23.5 Å². The Hall–Kier alpha value is -3.25.